The van der Waals surface area contributed by atoms with Crippen LogP contribution in [0.5, 0.6) is 0 Å². The van der Waals surface area contributed by atoms with Crippen molar-refractivity contribution in [3.8, 4) is 0 Å². The third-order valence-corrected chi connectivity index (χ3v) is 3.38. The van der Waals surface area contributed by atoms with E-state index in [-0.39, 0.29) is 24.8 Å². The maximum Gasteiger partial charge on any atom is 0.160 e. The third-order valence-electron chi connectivity index (χ3n) is 3.38. The molecule has 0 aromatic heterocycles. The minimum absolute atomic E-state index is 0.00963. The Morgan fingerprint density at radius 3 is 2.29 bits per heavy atom. The van der Waals surface area contributed by atoms with Crippen molar-refractivity contribution in [1.29, 1.82) is 0 Å². The Hall–Kier alpha value is -2.38. The smallest absolute Gasteiger partial charge is 0.160 e. The van der Waals surface area contributed by atoms with Gasteiger partial charge in [-0.1, -0.05) is 42.5 Å². The highest BCUT2D eigenvalue weighted by atomic mass is 16.8. The van der Waals surface area contributed by atoms with Crippen LogP contribution < -0.4 is 11.2 Å². The minimum Gasteiger partial charge on any atom is -0.295 e. The van der Waals surface area contributed by atoms with Crippen LogP contribution in [0.1, 0.15) is 45.7 Å². The number of hydrogen-bond acceptors (Lipinski definition) is 6. The van der Waals surface area contributed by atoms with E-state index in [9.17, 15) is 9.59 Å². The fraction of sp³-hybridized carbons (Fsp3) is 0.222. The Kier molecular flexibility index (Phi) is 6.77. The second kappa shape index (κ2) is 9.05. The number of benzene rings is 2. The first-order valence-corrected chi connectivity index (χ1v) is 7.50. The minimum atomic E-state index is -0.0104. The molecule has 2 rings (SSSR count). The summed E-state index contributed by atoms with van der Waals surface area (Å²) in [6.45, 7) is 3.52. The van der Waals surface area contributed by atoms with E-state index in [2.05, 4.69) is 11.2 Å². The Bertz CT molecular complexity index is 716. The van der Waals surface area contributed by atoms with E-state index in [0.29, 0.717) is 11.1 Å². The quantitative estimate of drug-likeness (QED) is 0.419. The lowest BCUT2D eigenvalue weighted by atomic mass is 10.1. The molecule has 24 heavy (non-hydrogen) atoms. The summed E-state index contributed by atoms with van der Waals surface area (Å²) in [5.41, 5.74) is 7.83. The first-order chi connectivity index (χ1) is 11.6. The summed E-state index contributed by atoms with van der Waals surface area (Å²) in [5.74, 6) is -0.000772. The lowest BCUT2D eigenvalue weighted by Crippen LogP contribution is -2.31. The van der Waals surface area contributed by atoms with E-state index < -0.39 is 0 Å². The molecule has 0 unspecified atom stereocenters. The maximum atomic E-state index is 11.5. The number of Topliss-reactive ketones (excluding diaryl/α,β-unsaturated/α-hetero) is 2. The summed E-state index contributed by atoms with van der Waals surface area (Å²) in [6.07, 6.45) is 0. The van der Waals surface area contributed by atoms with Gasteiger partial charge in [-0.3, -0.25) is 19.3 Å². The van der Waals surface area contributed by atoms with Crippen molar-refractivity contribution < 1.29 is 19.3 Å². The Labute approximate surface area is 140 Å². The largest absolute Gasteiger partial charge is 0.295 e. The van der Waals surface area contributed by atoms with Gasteiger partial charge in [0.2, 0.25) is 0 Å². The molecule has 0 amide bonds. The van der Waals surface area contributed by atoms with Crippen molar-refractivity contribution in [2.24, 2.45) is 0 Å². The first kappa shape index (κ1) is 18.0. The molecule has 0 atom stereocenters. The van der Waals surface area contributed by atoms with Crippen LogP contribution in [0.4, 0.5) is 0 Å². The zero-order chi connectivity index (χ0) is 17.4. The van der Waals surface area contributed by atoms with Gasteiger partial charge in [0.15, 0.2) is 11.6 Å². The van der Waals surface area contributed by atoms with Gasteiger partial charge in [-0.2, -0.15) is 0 Å². The predicted molar refractivity (Wildman–Crippen MR) is 88.7 cm³/mol. The van der Waals surface area contributed by atoms with Crippen LogP contribution in [0, 0.1) is 0 Å². The van der Waals surface area contributed by atoms with Gasteiger partial charge < -0.3 is 0 Å². The normalized spacial score (nSPS) is 10.6. The molecule has 2 N–H and O–H groups in total. The number of rotatable bonds is 9. The molecule has 0 aliphatic heterocycles. The van der Waals surface area contributed by atoms with Crippen LogP contribution in [0.15, 0.2) is 48.5 Å². The van der Waals surface area contributed by atoms with Crippen LogP contribution in [0.25, 0.3) is 0 Å². The molecule has 6 heteroatoms. The van der Waals surface area contributed by atoms with Crippen LogP contribution in [-0.4, -0.2) is 11.6 Å². The average molecular weight is 328 g/mol. The fourth-order valence-corrected chi connectivity index (χ4v) is 2.16. The van der Waals surface area contributed by atoms with Crippen LogP contribution >= 0.6 is 0 Å². The van der Waals surface area contributed by atoms with Gasteiger partial charge >= 0.3 is 0 Å². The number of hydrogen-bond donors (Lipinski definition) is 2. The summed E-state index contributed by atoms with van der Waals surface area (Å²) >= 11 is 0. The van der Waals surface area contributed by atoms with E-state index >= 15 is 0 Å². The summed E-state index contributed by atoms with van der Waals surface area (Å²) in [4.78, 5) is 33.2. The molecule has 2 aromatic carbocycles. The van der Waals surface area contributed by atoms with Gasteiger partial charge in [-0.05, 0) is 31.0 Å². The topological polar surface area (TPSA) is 76.7 Å². The molecule has 0 bridgehead atoms. The number of carbonyl (C=O) groups excluding carboxylic acids is 2. The van der Waals surface area contributed by atoms with Gasteiger partial charge in [-0.25, -0.2) is 0 Å². The van der Waals surface area contributed by atoms with Gasteiger partial charge in [-0.15, -0.1) is 11.2 Å². The zero-order valence-corrected chi connectivity index (χ0v) is 13.7. The van der Waals surface area contributed by atoms with Crippen molar-refractivity contribution in [3.05, 3.63) is 70.8 Å². The fourth-order valence-electron chi connectivity index (χ4n) is 2.16. The molecular formula is C18H20N2O4. The van der Waals surface area contributed by atoms with Crippen molar-refractivity contribution in [1.82, 2.24) is 11.2 Å². The van der Waals surface area contributed by atoms with Gasteiger partial charge in [0, 0.05) is 11.1 Å². The number of ketones is 2. The van der Waals surface area contributed by atoms with E-state index in [1.807, 2.05) is 24.3 Å². The van der Waals surface area contributed by atoms with Crippen molar-refractivity contribution >= 4 is 11.6 Å². The SMILES string of the molecule is CC(=O)c1cccc(CONNOCc2ccccc2C(C)=O)c1. The van der Waals surface area contributed by atoms with Crippen LogP contribution in [0.3, 0.4) is 0 Å². The molecule has 0 fully saturated rings. The molecule has 126 valence electrons. The molecule has 6 nitrogen and oxygen atoms in total. The van der Waals surface area contributed by atoms with E-state index in [0.717, 1.165) is 11.1 Å². The average Bonchev–Trinajstić information content (AvgIpc) is 2.58. The molecular weight excluding hydrogens is 308 g/mol. The number of hydrazine groups is 1. The molecule has 0 radical (unpaired) electrons. The zero-order valence-electron chi connectivity index (χ0n) is 13.7. The second-order valence-corrected chi connectivity index (χ2v) is 5.25. The highest BCUT2D eigenvalue weighted by molar-refractivity contribution is 5.95. The highest BCUT2D eigenvalue weighted by Crippen LogP contribution is 2.10. The monoisotopic (exact) mass is 328 g/mol. The molecule has 2 aromatic rings. The lowest BCUT2D eigenvalue weighted by Gasteiger charge is -2.10. The van der Waals surface area contributed by atoms with Crippen LogP contribution in [0.2, 0.25) is 0 Å². The van der Waals surface area contributed by atoms with Gasteiger partial charge in [0.05, 0.1) is 13.2 Å². The maximum absolute atomic E-state index is 11.5. The van der Waals surface area contributed by atoms with Crippen molar-refractivity contribution in [2.75, 3.05) is 0 Å². The Morgan fingerprint density at radius 1 is 0.875 bits per heavy atom. The summed E-state index contributed by atoms with van der Waals surface area (Å²) < 4.78 is 0. The number of nitrogens with one attached hydrogen (secondary N) is 2. The highest BCUT2D eigenvalue weighted by Gasteiger charge is 2.06. The van der Waals surface area contributed by atoms with E-state index in [1.54, 1.807) is 24.3 Å². The lowest BCUT2D eigenvalue weighted by molar-refractivity contribution is -0.121. The summed E-state index contributed by atoms with van der Waals surface area (Å²) in [5, 5.41) is 0. The van der Waals surface area contributed by atoms with Crippen molar-refractivity contribution in [3.63, 3.8) is 0 Å². The Balaban J connectivity index is 1.72. The Morgan fingerprint density at radius 2 is 1.58 bits per heavy atom. The molecule has 0 saturated carbocycles. The third kappa shape index (κ3) is 5.36. The summed E-state index contributed by atoms with van der Waals surface area (Å²) in [7, 11) is 0. The standard InChI is InChI=1S/C18H20N2O4/c1-13(21)16-8-5-6-15(10-16)11-23-19-20-24-12-17-7-3-4-9-18(17)14(2)22/h3-10,19-20H,11-12H2,1-2H3. The van der Waals surface area contributed by atoms with Gasteiger partial charge in [0.1, 0.15) is 0 Å². The van der Waals surface area contributed by atoms with E-state index in [4.69, 9.17) is 9.68 Å². The number of carbonyl (C=O) groups is 2. The second-order valence-electron chi connectivity index (χ2n) is 5.25. The van der Waals surface area contributed by atoms with Crippen molar-refractivity contribution in [2.45, 2.75) is 27.1 Å². The summed E-state index contributed by atoms with van der Waals surface area (Å²) in [6, 6.07) is 14.4. The predicted octanol–water partition coefficient (Wildman–Crippen LogP) is 2.75. The van der Waals surface area contributed by atoms with E-state index in [1.165, 1.54) is 13.8 Å². The molecule has 0 spiro atoms. The first-order valence-electron chi connectivity index (χ1n) is 7.50. The van der Waals surface area contributed by atoms with Gasteiger partial charge in [0.25, 0.3) is 0 Å². The molecule has 0 heterocycles. The molecule has 0 aliphatic carbocycles. The molecule has 0 aliphatic rings. The molecule has 0 saturated heterocycles. The van der Waals surface area contributed by atoms with Crippen LogP contribution in [-0.2, 0) is 22.9 Å².